The number of benzene rings is 2. The molecule has 5 rings (SSSR count). The predicted octanol–water partition coefficient (Wildman–Crippen LogP) is 5.94. The zero-order valence-corrected chi connectivity index (χ0v) is 24.3. The number of likely N-dealkylation sites (tertiary alicyclic amines) is 1. The second-order valence-corrected chi connectivity index (χ2v) is 12.2. The first-order valence-corrected chi connectivity index (χ1v) is 14.4. The largest absolute Gasteiger partial charge is 0.492 e. The molecule has 0 aliphatic carbocycles. The van der Waals surface area contributed by atoms with Crippen LogP contribution in [0.25, 0.3) is 0 Å². The van der Waals surface area contributed by atoms with E-state index in [9.17, 15) is 4.79 Å². The van der Waals surface area contributed by atoms with Crippen molar-refractivity contribution in [3.8, 4) is 5.75 Å². The number of aryl methyl sites for hydroxylation is 1. The van der Waals surface area contributed by atoms with Gasteiger partial charge < -0.3 is 20.3 Å². The van der Waals surface area contributed by atoms with Crippen LogP contribution in [0.3, 0.4) is 0 Å². The molecule has 8 nitrogen and oxygen atoms in total. The molecule has 1 fully saturated rings. The highest BCUT2D eigenvalue weighted by Gasteiger charge is 2.21. The van der Waals surface area contributed by atoms with Crippen LogP contribution in [0, 0.1) is 12.3 Å². The molecule has 2 N–H and O–H groups in total. The van der Waals surface area contributed by atoms with E-state index >= 15 is 0 Å². The number of nitrogens with zero attached hydrogens (tertiary/aromatic N) is 4. The van der Waals surface area contributed by atoms with Crippen molar-refractivity contribution in [2.75, 3.05) is 48.3 Å². The number of nitrogens with one attached hydrogen (secondary N) is 2. The summed E-state index contributed by atoms with van der Waals surface area (Å²) in [7, 11) is 0. The van der Waals surface area contributed by atoms with Crippen LogP contribution in [0.15, 0.2) is 48.7 Å². The molecular formula is C32H42N6O2. The van der Waals surface area contributed by atoms with E-state index in [1.165, 1.54) is 31.5 Å². The van der Waals surface area contributed by atoms with Gasteiger partial charge in [0, 0.05) is 61.3 Å². The van der Waals surface area contributed by atoms with Gasteiger partial charge in [0.2, 0.25) is 11.9 Å². The van der Waals surface area contributed by atoms with Crippen LogP contribution >= 0.6 is 0 Å². The molecule has 212 valence electrons. The highest BCUT2D eigenvalue weighted by atomic mass is 16.5. The van der Waals surface area contributed by atoms with Gasteiger partial charge in [-0.25, -0.2) is 9.97 Å². The number of aromatic nitrogens is 2. The third-order valence-electron chi connectivity index (χ3n) is 7.44. The Morgan fingerprint density at radius 2 is 1.77 bits per heavy atom. The lowest BCUT2D eigenvalue weighted by atomic mass is 9.92. The van der Waals surface area contributed by atoms with Gasteiger partial charge in [0.05, 0.1) is 5.69 Å². The normalized spacial score (nSPS) is 15.6. The van der Waals surface area contributed by atoms with Crippen molar-refractivity contribution in [3.05, 3.63) is 65.5 Å². The van der Waals surface area contributed by atoms with Crippen LogP contribution < -0.4 is 20.3 Å². The summed E-state index contributed by atoms with van der Waals surface area (Å²) < 4.78 is 5.92. The number of rotatable bonds is 9. The van der Waals surface area contributed by atoms with E-state index in [-0.39, 0.29) is 11.3 Å². The molecule has 0 radical (unpaired) electrons. The molecule has 0 bridgehead atoms. The summed E-state index contributed by atoms with van der Waals surface area (Å²) in [6.07, 6.45) is 5.84. The van der Waals surface area contributed by atoms with Gasteiger partial charge in [0.25, 0.3) is 0 Å². The Kier molecular flexibility index (Phi) is 8.54. The minimum Gasteiger partial charge on any atom is -0.492 e. The first kappa shape index (κ1) is 27.9. The summed E-state index contributed by atoms with van der Waals surface area (Å²) in [4.78, 5) is 26.7. The molecule has 40 heavy (non-hydrogen) atoms. The summed E-state index contributed by atoms with van der Waals surface area (Å²) in [5, 5.41) is 6.41. The average Bonchev–Trinajstić information content (AvgIpc) is 3.43. The van der Waals surface area contributed by atoms with E-state index in [0.29, 0.717) is 19.0 Å². The van der Waals surface area contributed by atoms with E-state index in [4.69, 9.17) is 9.72 Å². The second kappa shape index (κ2) is 12.3. The lowest BCUT2D eigenvalue weighted by molar-refractivity contribution is -0.117. The fraction of sp³-hybridized carbons (Fsp3) is 0.469. The molecular weight excluding hydrogens is 500 g/mol. The summed E-state index contributed by atoms with van der Waals surface area (Å²) in [5.41, 5.74) is 6.23. The maximum Gasteiger partial charge on any atom is 0.227 e. The van der Waals surface area contributed by atoms with E-state index in [0.717, 1.165) is 60.1 Å². The molecule has 8 heteroatoms. The number of anilines is 4. The molecule has 0 saturated carbocycles. The Labute approximate surface area is 238 Å². The lowest BCUT2D eigenvalue weighted by Crippen LogP contribution is -2.32. The Bertz CT molecular complexity index is 1310. The van der Waals surface area contributed by atoms with Crippen molar-refractivity contribution in [2.24, 2.45) is 5.41 Å². The van der Waals surface area contributed by atoms with Crippen LogP contribution in [-0.4, -0.2) is 53.6 Å². The van der Waals surface area contributed by atoms with Gasteiger partial charge >= 0.3 is 0 Å². The first-order valence-electron chi connectivity index (χ1n) is 14.4. The van der Waals surface area contributed by atoms with Crippen LogP contribution in [0.4, 0.5) is 23.0 Å². The van der Waals surface area contributed by atoms with Crippen molar-refractivity contribution in [3.63, 3.8) is 0 Å². The van der Waals surface area contributed by atoms with Gasteiger partial charge in [0.1, 0.15) is 12.4 Å². The monoisotopic (exact) mass is 542 g/mol. The van der Waals surface area contributed by atoms with E-state index in [1.807, 2.05) is 36.5 Å². The van der Waals surface area contributed by atoms with Crippen molar-refractivity contribution in [2.45, 2.75) is 59.9 Å². The smallest absolute Gasteiger partial charge is 0.227 e. The maximum absolute atomic E-state index is 12.5. The van der Waals surface area contributed by atoms with Gasteiger partial charge in [-0.2, -0.15) is 0 Å². The Hall–Kier alpha value is -3.65. The summed E-state index contributed by atoms with van der Waals surface area (Å²) >= 11 is 0. The molecule has 2 aliphatic rings. The molecule has 1 amide bonds. The van der Waals surface area contributed by atoms with Gasteiger partial charge in [0.15, 0.2) is 0 Å². The first-order chi connectivity index (χ1) is 19.2. The van der Waals surface area contributed by atoms with Crippen LogP contribution in [-0.2, 0) is 17.8 Å². The summed E-state index contributed by atoms with van der Waals surface area (Å²) in [6, 6.07) is 14.1. The fourth-order valence-electron chi connectivity index (χ4n) is 5.36. The molecule has 3 aromatic rings. The topological polar surface area (TPSA) is 82.6 Å². The van der Waals surface area contributed by atoms with Gasteiger partial charge in [-0.05, 0) is 80.2 Å². The van der Waals surface area contributed by atoms with E-state index in [1.54, 1.807) is 0 Å². The fourth-order valence-corrected chi connectivity index (χ4v) is 5.36. The van der Waals surface area contributed by atoms with Gasteiger partial charge in [-0.15, -0.1) is 0 Å². The Morgan fingerprint density at radius 3 is 2.52 bits per heavy atom. The molecule has 1 aromatic heterocycles. The number of carbonyl (C=O) groups excluding carboxylic acids is 1. The van der Waals surface area contributed by atoms with Crippen LogP contribution in [0.2, 0.25) is 0 Å². The highest BCUT2D eigenvalue weighted by Crippen LogP contribution is 2.30. The van der Waals surface area contributed by atoms with E-state index < -0.39 is 0 Å². The van der Waals surface area contributed by atoms with Crippen molar-refractivity contribution >= 4 is 28.9 Å². The second-order valence-electron chi connectivity index (χ2n) is 12.2. The lowest BCUT2D eigenvalue weighted by Gasteiger charge is -2.31. The number of ether oxygens (including phenoxy) is 1. The predicted molar refractivity (Wildman–Crippen MR) is 162 cm³/mol. The molecule has 0 unspecified atom stereocenters. The van der Waals surface area contributed by atoms with Crippen molar-refractivity contribution in [1.82, 2.24) is 14.9 Å². The molecule has 2 aliphatic heterocycles. The third-order valence-corrected chi connectivity index (χ3v) is 7.44. The quantitative estimate of drug-likeness (QED) is 0.346. The SMILES string of the molecule is Cc1ccc(NC(=O)CC(C)(C)C)cc1N1CCc2nc(Nc3ccc(OCCN4CCCC4)cc3)ncc2C1. The number of fused-ring (bicyclic) bond motifs is 1. The third kappa shape index (κ3) is 7.50. The number of amides is 1. The molecule has 3 heterocycles. The maximum atomic E-state index is 12.5. The molecule has 2 aromatic carbocycles. The summed E-state index contributed by atoms with van der Waals surface area (Å²) in [6.45, 7) is 14.0. The van der Waals surface area contributed by atoms with E-state index in [2.05, 4.69) is 65.2 Å². The number of carbonyl (C=O) groups is 1. The molecule has 0 spiro atoms. The Balaban J connectivity index is 1.17. The van der Waals surface area contributed by atoms with Gasteiger partial charge in [-0.3, -0.25) is 9.69 Å². The van der Waals surface area contributed by atoms with Crippen molar-refractivity contribution in [1.29, 1.82) is 0 Å². The zero-order valence-electron chi connectivity index (χ0n) is 24.3. The Morgan fingerprint density at radius 1 is 1.02 bits per heavy atom. The zero-order chi connectivity index (χ0) is 28.1. The average molecular weight is 543 g/mol. The summed E-state index contributed by atoms with van der Waals surface area (Å²) in [5.74, 6) is 1.53. The number of hydrogen-bond acceptors (Lipinski definition) is 7. The van der Waals surface area contributed by atoms with Crippen molar-refractivity contribution < 1.29 is 9.53 Å². The standard InChI is InChI=1S/C32H42N6O2/c1-23-7-8-26(34-30(39)20-32(2,3)4)19-29(23)38-16-13-28-24(22-38)21-33-31(36-28)35-25-9-11-27(12-10-25)40-18-17-37-14-5-6-15-37/h7-12,19,21H,5-6,13-18,20,22H2,1-4H3,(H,34,39)(H,33,35,36). The highest BCUT2D eigenvalue weighted by molar-refractivity contribution is 5.91. The van der Waals surface area contributed by atoms with Crippen LogP contribution in [0.1, 0.15) is 56.9 Å². The van der Waals surface area contributed by atoms with Crippen LogP contribution in [0.5, 0.6) is 5.75 Å². The van der Waals surface area contributed by atoms with Gasteiger partial charge in [-0.1, -0.05) is 26.8 Å². The molecule has 0 atom stereocenters. The minimum absolute atomic E-state index is 0.0411. The minimum atomic E-state index is -0.0490. The number of hydrogen-bond donors (Lipinski definition) is 2. The molecule has 1 saturated heterocycles.